The maximum Gasteiger partial charge on any atom is 0.307 e. The van der Waals surface area contributed by atoms with Gasteiger partial charge in [-0.15, -0.1) is 0 Å². The highest BCUT2D eigenvalue weighted by molar-refractivity contribution is 5.70. The molecule has 1 saturated heterocycles. The van der Waals surface area contributed by atoms with Crippen LogP contribution in [0.3, 0.4) is 0 Å². The Morgan fingerprint density at radius 3 is 2.60 bits per heavy atom. The van der Waals surface area contributed by atoms with Crippen molar-refractivity contribution >= 4 is 5.97 Å². The molecule has 0 unspecified atom stereocenters. The summed E-state index contributed by atoms with van der Waals surface area (Å²) in [5.74, 6) is -1.14. The van der Waals surface area contributed by atoms with Crippen LogP contribution in [0.15, 0.2) is 18.2 Å². The molecule has 0 aromatic heterocycles. The van der Waals surface area contributed by atoms with Crippen molar-refractivity contribution in [2.24, 2.45) is 0 Å². The molecule has 20 heavy (non-hydrogen) atoms. The van der Waals surface area contributed by atoms with E-state index in [1.807, 2.05) is 4.90 Å². The number of benzene rings is 1. The van der Waals surface area contributed by atoms with Gasteiger partial charge in [0.2, 0.25) is 0 Å². The number of likely N-dealkylation sites (tertiary alicyclic amines) is 1. The molecule has 0 radical (unpaired) electrons. The Hall–Kier alpha value is -1.49. The number of hydrogen-bond acceptors (Lipinski definition) is 2. The fourth-order valence-electron chi connectivity index (χ4n) is 2.77. The maximum atomic E-state index is 14.1. The van der Waals surface area contributed by atoms with Crippen LogP contribution in [0.2, 0.25) is 0 Å². The number of rotatable bonds is 5. The summed E-state index contributed by atoms with van der Waals surface area (Å²) in [6.45, 7) is 1.67. The van der Waals surface area contributed by atoms with Gasteiger partial charge in [-0.05, 0) is 49.0 Å². The average Bonchev–Trinajstić information content (AvgIpc) is 2.40. The summed E-state index contributed by atoms with van der Waals surface area (Å²) in [4.78, 5) is 12.7. The number of piperidine rings is 1. The van der Waals surface area contributed by atoms with E-state index in [0.717, 1.165) is 25.9 Å². The third-order valence-corrected chi connectivity index (χ3v) is 3.85. The molecule has 0 aliphatic carbocycles. The largest absolute Gasteiger partial charge is 0.481 e. The van der Waals surface area contributed by atoms with Crippen LogP contribution in [0, 0.1) is 5.82 Å². The van der Waals surface area contributed by atoms with Crippen LogP contribution in [-0.2, 0) is 11.2 Å². The average molecular weight is 283 g/mol. The second kappa shape index (κ2) is 6.79. The summed E-state index contributed by atoms with van der Waals surface area (Å²) in [5, 5.41) is 8.70. The van der Waals surface area contributed by atoms with Gasteiger partial charge in [-0.25, -0.2) is 8.78 Å². The van der Waals surface area contributed by atoms with Gasteiger partial charge in [0.05, 0.1) is 6.42 Å². The van der Waals surface area contributed by atoms with E-state index in [2.05, 4.69) is 0 Å². The zero-order chi connectivity index (χ0) is 14.5. The molecule has 2 rings (SSSR count). The van der Waals surface area contributed by atoms with Crippen molar-refractivity contribution in [2.45, 2.75) is 25.2 Å². The van der Waals surface area contributed by atoms with E-state index < -0.39 is 5.97 Å². The van der Waals surface area contributed by atoms with Gasteiger partial charge in [-0.2, -0.15) is 0 Å². The Bertz CT molecular complexity index is 471. The summed E-state index contributed by atoms with van der Waals surface area (Å²) in [6.07, 6.45) is 1.47. The van der Waals surface area contributed by atoms with Gasteiger partial charge < -0.3 is 10.0 Å². The van der Waals surface area contributed by atoms with E-state index in [1.54, 1.807) is 12.1 Å². The number of hydrogen-bond donors (Lipinski definition) is 1. The summed E-state index contributed by atoms with van der Waals surface area (Å²) in [5.41, 5.74) is 1.13. The molecule has 3 nitrogen and oxygen atoms in total. The highest BCUT2D eigenvalue weighted by Crippen LogP contribution is 2.30. The van der Waals surface area contributed by atoms with Gasteiger partial charge in [-0.1, -0.05) is 12.1 Å². The van der Waals surface area contributed by atoms with Crippen LogP contribution in [0.1, 0.15) is 29.9 Å². The second-order valence-electron chi connectivity index (χ2n) is 5.23. The van der Waals surface area contributed by atoms with Crippen molar-refractivity contribution in [1.29, 1.82) is 0 Å². The van der Waals surface area contributed by atoms with Crippen LogP contribution < -0.4 is 0 Å². The Morgan fingerprint density at radius 1 is 1.35 bits per heavy atom. The minimum Gasteiger partial charge on any atom is -0.481 e. The number of carboxylic acid groups (broad SMARTS) is 1. The lowest BCUT2D eigenvalue weighted by atomic mass is 9.88. The quantitative estimate of drug-likeness (QED) is 0.903. The normalized spacial score (nSPS) is 17.3. The molecular formula is C15H19F2NO2. The van der Waals surface area contributed by atoms with Crippen molar-refractivity contribution in [3.8, 4) is 0 Å². The minimum atomic E-state index is -0.961. The fourth-order valence-corrected chi connectivity index (χ4v) is 2.77. The van der Waals surface area contributed by atoms with Gasteiger partial charge in [0.1, 0.15) is 12.5 Å². The molecular weight excluding hydrogens is 264 g/mol. The molecule has 0 spiro atoms. The molecule has 5 heteroatoms. The van der Waals surface area contributed by atoms with Crippen LogP contribution in [0.4, 0.5) is 8.78 Å². The van der Waals surface area contributed by atoms with Crippen molar-refractivity contribution in [3.05, 3.63) is 35.1 Å². The van der Waals surface area contributed by atoms with Crippen LogP contribution >= 0.6 is 0 Å². The number of nitrogens with zero attached hydrogens (tertiary/aromatic N) is 1. The van der Waals surface area contributed by atoms with Crippen molar-refractivity contribution in [3.63, 3.8) is 0 Å². The zero-order valence-electron chi connectivity index (χ0n) is 11.3. The Morgan fingerprint density at radius 2 is 2.05 bits per heavy atom. The molecule has 1 aromatic carbocycles. The third-order valence-electron chi connectivity index (χ3n) is 3.85. The van der Waals surface area contributed by atoms with Crippen molar-refractivity contribution < 1.29 is 18.7 Å². The van der Waals surface area contributed by atoms with Gasteiger partial charge >= 0.3 is 5.97 Å². The molecule has 0 saturated carbocycles. The van der Waals surface area contributed by atoms with Crippen molar-refractivity contribution in [2.75, 3.05) is 26.3 Å². The summed E-state index contributed by atoms with van der Waals surface area (Å²) in [6, 6.07) is 4.70. The van der Waals surface area contributed by atoms with Gasteiger partial charge in [0, 0.05) is 6.54 Å². The standard InChI is InChI=1S/C15H19F2NO2/c16-5-8-18-6-3-12(4-7-18)13-2-1-11(9-14(13)17)10-15(19)20/h1-2,9,12H,3-8,10H2,(H,19,20). The highest BCUT2D eigenvalue weighted by Gasteiger charge is 2.22. The molecule has 0 amide bonds. The molecule has 1 aromatic rings. The molecule has 0 bridgehead atoms. The first-order valence-corrected chi connectivity index (χ1v) is 6.88. The lowest BCUT2D eigenvalue weighted by molar-refractivity contribution is -0.136. The van der Waals surface area contributed by atoms with E-state index in [1.165, 1.54) is 6.07 Å². The summed E-state index contributed by atoms with van der Waals surface area (Å²) >= 11 is 0. The SMILES string of the molecule is O=C(O)Cc1ccc(C2CCN(CCF)CC2)c(F)c1. The number of carboxylic acids is 1. The molecule has 0 atom stereocenters. The summed E-state index contributed by atoms with van der Waals surface area (Å²) in [7, 11) is 0. The Kier molecular flexibility index (Phi) is 5.06. The third kappa shape index (κ3) is 3.76. The molecule has 1 heterocycles. The van der Waals surface area contributed by atoms with E-state index in [-0.39, 0.29) is 24.8 Å². The fraction of sp³-hybridized carbons (Fsp3) is 0.533. The first-order valence-electron chi connectivity index (χ1n) is 6.88. The predicted octanol–water partition coefficient (Wildman–Crippen LogP) is 2.60. The molecule has 1 fully saturated rings. The molecule has 1 aliphatic rings. The second-order valence-corrected chi connectivity index (χ2v) is 5.23. The van der Waals surface area contributed by atoms with Crippen molar-refractivity contribution in [1.82, 2.24) is 4.90 Å². The van der Waals surface area contributed by atoms with E-state index in [9.17, 15) is 13.6 Å². The lowest BCUT2D eigenvalue weighted by Crippen LogP contribution is -2.34. The number of carbonyl (C=O) groups is 1. The molecule has 1 N–H and O–H groups in total. The minimum absolute atomic E-state index is 0.143. The smallest absolute Gasteiger partial charge is 0.307 e. The number of aliphatic carboxylic acids is 1. The lowest BCUT2D eigenvalue weighted by Gasteiger charge is -2.31. The van der Waals surface area contributed by atoms with Crippen LogP contribution in [-0.4, -0.2) is 42.3 Å². The van der Waals surface area contributed by atoms with E-state index >= 15 is 0 Å². The molecule has 1 aliphatic heterocycles. The number of alkyl halides is 1. The zero-order valence-corrected chi connectivity index (χ0v) is 11.3. The Balaban J connectivity index is 2.01. The molecule has 110 valence electrons. The van der Waals surface area contributed by atoms with Gasteiger partial charge in [0.25, 0.3) is 0 Å². The Labute approximate surface area is 117 Å². The van der Waals surface area contributed by atoms with E-state index in [4.69, 9.17) is 5.11 Å². The van der Waals surface area contributed by atoms with Crippen LogP contribution in [0.25, 0.3) is 0 Å². The number of halogens is 2. The van der Waals surface area contributed by atoms with Crippen LogP contribution in [0.5, 0.6) is 0 Å². The predicted molar refractivity (Wildman–Crippen MR) is 72.1 cm³/mol. The maximum absolute atomic E-state index is 14.1. The summed E-state index contributed by atoms with van der Waals surface area (Å²) < 4.78 is 26.3. The highest BCUT2D eigenvalue weighted by atomic mass is 19.1. The first-order chi connectivity index (χ1) is 9.60. The van der Waals surface area contributed by atoms with Gasteiger partial charge in [-0.3, -0.25) is 4.79 Å². The first kappa shape index (κ1) is 14.9. The monoisotopic (exact) mass is 283 g/mol. The van der Waals surface area contributed by atoms with E-state index in [0.29, 0.717) is 17.7 Å². The van der Waals surface area contributed by atoms with Gasteiger partial charge in [0.15, 0.2) is 0 Å². The topological polar surface area (TPSA) is 40.5 Å².